The van der Waals surface area contributed by atoms with Crippen LogP contribution in [0.5, 0.6) is 0 Å². The number of aromatic nitrogens is 7. The average molecular weight is 514 g/mol. The van der Waals surface area contributed by atoms with Crippen LogP contribution >= 0.6 is 0 Å². The van der Waals surface area contributed by atoms with E-state index in [1.54, 1.807) is 18.1 Å². The first-order valence-electron chi connectivity index (χ1n) is 12.3. The number of rotatable bonds is 1. The van der Waals surface area contributed by atoms with Gasteiger partial charge < -0.3 is 15.2 Å². The summed E-state index contributed by atoms with van der Waals surface area (Å²) < 4.78 is 45.0. The molecule has 10 nitrogen and oxygen atoms in total. The number of fused-ring (bicyclic) bond motifs is 6. The highest BCUT2D eigenvalue weighted by molar-refractivity contribution is 5.92. The second-order valence-electron chi connectivity index (χ2n) is 9.61. The van der Waals surface area contributed by atoms with Crippen LogP contribution in [0.2, 0.25) is 0 Å². The standard InChI is InChI=1S/C24H26F3N9O/c1-34-13-19-17(12-36(32-19)14-4-6-28-7-5-14)18-10-30-23-21(31-18)15(9-29-23)16-11-35(8-2-3-20(34)37)33-22(16)24(25,26)27/h9-12,14,28H,2-8,13H2,1H3,(H,29,30). The lowest BCUT2D eigenvalue weighted by atomic mass is 10.1. The topological polar surface area (TPSA) is 110 Å². The Morgan fingerprint density at radius 3 is 2.68 bits per heavy atom. The molecule has 4 aromatic rings. The molecule has 0 saturated carbocycles. The molecule has 2 N–H and O–H groups in total. The molecule has 13 heteroatoms. The fourth-order valence-corrected chi connectivity index (χ4v) is 5.08. The first kappa shape index (κ1) is 23.6. The van der Waals surface area contributed by atoms with E-state index in [4.69, 9.17) is 10.1 Å². The molecule has 1 saturated heterocycles. The number of nitrogens with zero attached hydrogens (tertiary/aromatic N) is 7. The monoisotopic (exact) mass is 513 g/mol. The summed E-state index contributed by atoms with van der Waals surface area (Å²) in [6.07, 6.45) is 4.09. The molecule has 194 valence electrons. The number of amides is 1. The molecular weight excluding hydrogens is 487 g/mol. The SMILES string of the molecule is CN1Cc2nn(C3CCNCC3)cc2-c2cnc3[nH]cc(c3n2)-c2cn(nc2C(F)(F)F)CCCC1=O. The van der Waals surface area contributed by atoms with E-state index in [-0.39, 0.29) is 42.6 Å². The maximum absolute atomic E-state index is 13.9. The Bertz CT molecular complexity index is 1460. The van der Waals surface area contributed by atoms with Crippen molar-refractivity contribution in [1.29, 1.82) is 0 Å². The van der Waals surface area contributed by atoms with Gasteiger partial charge in [-0.25, -0.2) is 9.97 Å². The van der Waals surface area contributed by atoms with Crippen LogP contribution in [-0.4, -0.2) is 65.5 Å². The fraction of sp³-hybridized carbons (Fsp3) is 0.458. The number of hydrogen-bond acceptors (Lipinski definition) is 6. The van der Waals surface area contributed by atoms with Crippen LogP contribution in [0.1, 0.15) is 43.1 Å². The number of aromatic amines is 1. The smallest absolute Gasteiger partial charge is 0.344 e. The normalized spacial score (nSPS) is 17.7. The van der Waals surface area contributed by atoms with Crippen LogP contribution in [0.3, 0.4) is 0 Å². The number of piperidine rings is 1. The van der Waals surface area contributed by atoms with Crippen molar-refractivity contribution >= 4 is 17.1 Å². The largest absolute Gasteiger partial charge is 0.435 e. The van der Waals surface area contributed by atoms with E-state index in [1.165, 1.54) is 17.1 Å². The van der Waals surface area contributed by atoms with Gasteiger partial charge in [0.05, 0.1) is 30.2 Å². The van der Waals surface area contributed by atoms with Gasteiger partial charge in [-0.1, -0.05) is 0 Å². The van der Waals surface area contributed by atoms with Crippen LogP contribution in [0.4, 0.5) is 13.2 Å². The van der Waals surface area contributed by atoms with Crippen molar-refractivity contribution in [3.05, 3.63) is 36.2 Å². The van der Waals surface area contributed by atoms with Gasteiger partial charge in [0.15, 0.2) is 11.3 Å². The summed E-state index contributed by atoms with van der Waals surface area (Å²) in [6, 6.07) is 0.208. The Labute approximate surface area is 209 Å². The van der Waals surface area contributed by atoms with Crippen molar-refractivity contribution in [2.45, 2.75) is 51.0 Å². The van der Waals surface area contributed by atoms with Gasteiger partial charge in [0.2, 0.25) is 5.91 Å². The molecular formula is C24H26F3N9O. The fourth-order valence-electron chi connectivity index (χ4n) is 5.08. The number of alkyl halides is 3. The predicted octanol–water partition coefficient (Wildman–Crippen LogP) is 3.38. The molecule has 2 aliphatic heterocycles. The van der Waals surface area contributed by atoms with Gasteiger partial charge >= 0.3 is 6.18 Å². The molecule has 0 atom stereocenters. The quantitative estimate of drug-likeness (QED) is 0.404. The van der Waals surface area contributed by atoms with Crippen LogP contribution in [0.25, 0.3) is 33.5 Å². The molecule has 1 amide bonds. The van der Waals surface area contributed by atoms with Crippen molar-refractivity contribution in [2.24, 2.45) is 0 Å². The summed E-state index contributed by atoms with van der Waals surface area (Å²) in [5.74, 6) is -0.117. The molecule has 2 aliphatic rings. The van der Waals surface area contributed by atoms with Gasteiger partial charge in [0.1, 0.15) is 5.52 Å². The van der Waals surface area contributed by atoms with Crippen molar-refractivity contribution in [3.8, 4) is 22.4 Å². The molecule has 37 heavy (non-hydrogen) atoms. The maximum Gasteiger partial charge on any atom is 0.435 e. The first-order chi connectivity index (χ1) is 17.8. The van der Waals surface area contributed by atoms with E-state index >= 15 is 0 Å². The van der Waals surface area contributed by atoms with E-state index in [2.05, 4.69) is 20.4 Å². The van der Waals surface area contributed by atoms with Crippen LogP contribution in [0, 0.1) is 0 Å². The number of nitrogens with one attached hydrogen (secondary N) is 2. The summed E-state index contributed by atoms with van der Waals surface area (Å²) in [4.78, 5) is 26.6. The highest BCUT2D eigenvalue weighted by atomic mass is 19.4. The van der Waals surface area contributed by atoms with Gasteiger partial charge in [0.25, 0.3) is 0 Å². The van der Waals surface area contributed by atoms with Crippen molar-refractivity contribution in [2.75, 3.05) is 20.1 Å². The minimum atomic E-state index is -4.65. The summed E-state index contributed by atoms with van der Waals surface area (Å²) in [6.45, 7) is 2.25. The van der Waals surface area contributed by atoms with Gasteiger partial charge in [-0.2, -0.15) is 23.4 Å². The Morgan fingerprint density at radius 1 is 1.08 bits per heavy atom. The average Bonchev–Trinajstić information content (AvgIpc) is 3.60. The van der Waals surface area contributed by atoms with E-state index < -0.39 is 11.9 Å². The third-order valence-corrected chi connectivity index (χ3v) is 7.06. The molecule has 1 fully saturated rings. The third-order valence-electron chi connectivity index (χ3n) is 7.06. The third kappa shape index (κ3) is 4.37. The highest BCUT2D eigenvalue weighted by Crippen LogP contribution is 2.39. The molecule has 0 radical (unpaired) electrons. The van der Waals surface area contributed by atoms with Gasteiger partial charge in [-0.05, 0) is 32.4 Å². The van der Waals surface area contributed by atoms with E-state index in [0.717, 1.165) is 25.9 Å². The van der Waals surface area contributed by atoms with Gasteiger partial charge in [0, 0.05) is 55.3 Å². The minimum absolute atomic E-state index is 0.0749. The molecule has 4 aromatic heterocycles. The zero-order valence-corrected chi connectivity index (χ0v) is 20.2. The second kappa shape index (κ2) is 8.98. The van der Waals surface area contributed by atoms with E-state index in [9.17, 15) is 18.0 Å². The molecule has 0 unspecified atom stereocenters. The lowest BCUT2D eigenvalue weighted by Crippen LogP contribution is -2.30. The summed E-state index contributed by atoms with van der Waals surface area (Å²) >= 11 is 0. The zero-order valence-electron chi connectivity index (χ0n) is 20.2. The Morgan fingerprint density at radius 2 is 1.89 bits per heavy atom. The molecule has 0 spiro atoms. The summed E-state index contributed by atoms with van der Waals surface area (Å²) in [5.41, 5.74) is 1.78. The van der Waals surface area contributed by atoms with Crippen LogP contribution in [-0.2, 0) is 24.1 Å². The van der Waals surface area contributed by atoms with Gasteiger partial charge in [-0.15, -0.1) is 0 Å². The molecule has 0 aromatic carbocycles. The second-order valence-corrected chi connectivity index (χ2v) is 9.61. The van der Waals surface area contributed by atoms with Crippen molar-refractivity contribution < 1.29 is 18.0 Å². The number of hydrogen-bond donors (Lipinski definition) is 2. The number of H-pyrrole nitrogens is 1. The van der Waals surface area contributed by atoms with Crippen molar-refractivity contribution in [3.63, 3.8) is 0 Å². The molecule has 0 aliphatic carbocycles. The zero-order chi connectivity index (χ0) is 25.7. The van der Waals surface area contributed by atoms with Gasteiger partial charge in [-0.3, -0.25) is 14.2 Å². The Kier molecular flexibility index (Phi) is 5.74. The molecule has 6 rings (SSSR count). The van der Waals surface area contributed by atoms with E-state index in [1.807, 2.05) is 10.9 Å². The number of aryl methyl sites for hydroxylation is 1. The van der Waals surface area contributed by atoms with Crippen molar-refractivity contribution in [1.82, 2.24) is 44.7 Å². The summed E-state index contributed by atoms with van der Waals surface area (Å²) in [7, 11) is 1.71. The minimum Gasteiger partial charge on any atom is -0.344 e. The number of carbonyl (C=O) groups excluding carboxylic acids is 1. The molecule has 4 bridgehead atoms. The summed E-state index contributed by atoms with van der Waals surface area (Å²) in [5, 5.41) is 12.0. The maximum atomic E-state index is 13.9. The molecule has 6 heterocycles. The van der Waals surface area contributed by atoms with Crippen LogP contribution < -0.4 is 5.32 Å². The Hall–Kier alpha value is -3.74. The first-order valence-corrected chi connectivity index (χ1v) is 12.3. The van der Waals surface area contributed by atoms with E-state index in [0.29, 0.717) is 34.5 Å². The number of carbonyl (C=O) groups is 1. The predicted molar refractivity (Wildman–Crippen MR) is 128 cm³/mol. The van der Waals surface area contributed by atoms with Crippen LogP contribution in [0.15, 0.2) is 24.8 Å². The lowest BCUT2D eigenvalue weighted by Gasteiger charge is -2.23. The lowest BCUT2D eigenvalue weighted by molar-refractivity contribution is -0.141. The highest BCUT2D eigenvalue weighted by Gasteiger charge is 2.38. The number of halogens is 3. The Balaban J connectivity index is 1.53.